The average molecular weight is 281 g/mol. The zero-order valence-electron chi connectivity index (χ0n) is 11.5. The van der Waals surface area contributed by atoms with E-state index in [2.05, 4.69) is 10.2 Å². The second-order valence-corrected chi connectivity index (χ2v) is 6.14. The van der Waals surface area contributed by atoms with Crippen LogP contribution in [0.1, 0.15) is 24.8 Å². The lowest BCUT2D eigenvalue weighted by atomic mass is 9.80. The molecule has 2 aliphatic heterocycles. The van der Waals surface area contributed by atoms with Crippen LogP contribution in [0.2, 0.25) is 0 Å². The molecule has 1 saturated heterocycles. The van der Waals surface area contributed by atoms with Gasteiger partial charge in [0.05, 0.1) is 6.42 Å². The van der Waals surface area contributed by atoms with Crippen molar-refractivity contribution in [1.82, 2.24) is 4.90 Å². The molecular formula is C16H15N3O2. The van der Waals surface area contributed by atoms with Crippen LogP contribution in [0.25, 0.3) is 4.85 Å². The molecule has 2 atom stereocenters. The first-order valence-electron chi connectivity index (χ1n) is 7.24. The number of hydrogen-bond donors (Lipinski definition) is 1. The van der Waals surface area contributed by atoms with Gasteiger partial charge in [-0.1, -0.05) is 18.2 Å². The van der Waals surface area contributed by atoms with Gasteiger partial charge in [0.15, 0.2) is 0 Å². The zero-order valence-corrected chi connectivity index (χ0v) is 11.5. The summed E-state index contributed by atoms with van der Waals surface area (Å²) in [5, 5.41) is 2.90. The molecular weight excluding hydrogens is 266 g/mol. The maximum absolute atomic E-state index is 12.5. The Kier molecular flexibility index (Phi) is 2.41. The first-order chi connectivity index (χ1) is 10.2. The van der Waals surface area contributed by atoms with E-state index in [1.54, 1.807) is 4.90 Å². The van der Waals surface area contributed by atoms with Crippen LogP contribution >= 0.6 is 0 Å². The summed E-state index contributed by atoms with van der Waals surface area (Å²) in [5.74, 6) is 0.0395. The summed E-state index contributed by atoms with van der Waals surface area (Å²) in [5.41, 5.74) is 0.998. The Morgan fingerprint density at radius 1 is 1.38 bits per heavy atom. The second kappa shape index (κ2) is 4.08. The summed E-state index contributed by atoms with van der Waals surface area (Å²) < 4.78 is 0. The van der Waals surface area contributed by atoms with Crippen molar-refractivity contribution in [3.63, 3.8) is 0 Å². The number of para-hydroxylation sites is 1. The van der Waals surface area contributed by atoms with Crippen LogP contribution in [0.4, 0.5) is 5.69 Å². The Labute approximate surface area is 122 Å². The topological polar surface area (TPSA) is 53.8 Å². The highest BCUT2D eigenvalue weighted by molar-refractivity contribution is 6.07. The number of rotatable bonds is 1. The standard InChI is InChI=1S/C16H15N3O2/c1-17-13-8-16(9-19(13)14(20)10-6-7-10)11-4-2-3-5-12(11)18-15(16)21/h2-5,10,13H,6-9H2,(H,18,21)/t13-,16-/m0/s1. The predicted molar refractivity (Wildman–Crippen MR) is 76.2 cm³/mol. The lowest BCUT2D eigenvalue weighted by molar-refractivity contribution is -0.133. The van der Waals surface area contributed by atoms with Crippen molar-refractivity contribution < 1.29 is 9.59 Å². The molecule has 2 amide bonds. The summed E-state index contributed by atoms with van der Waals surface area (Å²) in [4.78, 5) is 30.1. The molecule has 1 aromatic rings. The number of nitrogens with one attached hydrogen (secondary N) is 1. The molecule has 106 valence electrons. The van der Waals surface area contributed by atoms with E-state index < -0.39 is 11.6 Å². The normalized spacial score (nSPS) is 30.1. The molecule has 5 heteroatoms. The zero-order chi connectivity index (χ0) is 14.6. The number of carbonyl (C=O) groups is 2. The highest BCUT2D eigenvalue weighted by Gasteiger charge is 2.59. The molecule has 21 heavy (non-hydrogen) atoms. The lowest BCUT2D eigenvalue weighted by Gasteiger charge is -2.21. The Balaban J connectivity index is 1.75. The van der Waals surface area contributed by atoms with E-state index in [9.17, 15) is 9.59 Å². The Morgan fingerprint density at radius 2 is 2.14 bits per heavy atom. The molecule has 0 aromatic heterocycles. The van der Waals surface area contributed by atoms with Gasteiger partial charge in [0, 0.05) is 18.2 Å². The quantitative estimate of drug-likeness (QED) is 0.798. The minimum atomic E-state index is -0.740. The molecule has 1 N–H and O–H groups in total. The van der Waals surface area contributed by atoms with Crippen LogP contribution < -0.4 is 5.32 Å². The molecule has 1 spiro atoms. The van der Waals surface area contributed by atoms with E-state index in [-0.39, 0.29) is 17.7 Å². The summed E-state index contributed by atoms with van der Waals surface area (Å²) in [7, 11) is 0. The van der Waals surface area contributed by atoms with Crippen molar-refractivity contribution in [2.75, 3.05) is 11.9 Å². The van der Waals surface area contributed by atoms with Crippen LogP contribution in [-0.4, -0.2) is 29.4 Å². The maximum atomic E-state index is 12.5. The minimum absolute atomic E-state index is 0.0463. The van der Waals surface area contributed by atoms with Gasteiger partial charge in [-0.2, -0.15) is 0 Å². The number of nitrogens with zero attached hydrogens (tertiary/aromatic N) is 2. The molecule has 0 radical (unpaired) electrons. The average Bonchev–Trinajstić information content (AvgIpc) is 3.22. The van der Waals surface area contributed by atoms with Gasteiger partial charge < -0.3 is 5.32 Å². The summed E-state index contributed by atoms with van der Waals surface area (Å²) >= 11 is 0. The second-order valence-electron chi connectivity index (χ2n) is 6.14. The summed E-state index contributed by atoms with van der Waals surface area (Å²) in [6.45, 7) is 7.71. The van der Waals surface area contributed by atoms with Crippen molar-refractivity contribution in [2.24, 2.45) is 5.92 Å². The van der Waals surface area contributed by atoms with Gasteiger partial charge in [-0.25, -0.2) is 6.57 Å². The predicted octanol–water partition coefficient (Wildman–Crippen LogP) is 1.76. The maximum Gasteiger partial charge on any atom is 0.302 e. The van der Waals surface area contributed by atoms with Crippen LogP contribution in [-0.2, 0) is 15.0 Å². The first-order valence-corrected chi connectivity index (χ1v) is 7.24. The number of benzene rings is 1. The van der Waals surface area contributed by atoms with Crippen molar-refractivity contribution in [3.8, 4) is 0 Å². The van der Waals surface area contributed by atoms with E-state index in [1.165, 1.54) is 0 Å². The fourth-order valence-corrected chi connectivity index (χ4v) is 3.52. The van der Waals surface area contributed by atoms with E-state index >= 15 is 0 Å². The molecule has 0 bridgehead atoms. The SMILES string of the molecule is [C-]#[N+][C@@H]1C[C@@]2(CN1C(=O)C1CC1)C(=O)Nc1ccccc12. The van der Waals surface area contributed by atoms with Crippen molar-refractivity contribution in [2.45, 2.75) is 30.8 Å². The van der Waals surface area contributed by atoms with Gasteiger partial charge in [-0.3, -0.25) is 19.3 Å². The Hall–Kier alpha value is -2.35. The van der Waals surface area contributed by atoms with Crippen molar-refractivity contribution >= 4 is 17.5 Å². The number of likely N-dealkylation sites (tertiary alicyclic amines) is 1. The summed E-state index contributed by atoms with van der Waals surface area (Å²) in [6.07, 6.45) is 1.71. The Morgan fingerprint density at radius 3 is 2.86 bits per heavy atom. The van der Waals surface area contributed by atoms with E-state index in [4.69, 9.17) is 6.57 Å². The molecule has 1 aliphatic carbocycles. The number of fused-ring (bicyclic) bond motifs is 2. The van der Waals surface area contributed by atoms with Gasteiger partial charge >= 0.3 is 6.17 Å². The third kappa shape index (κ3) is 1.62. The van der Waals surface area contributed by atoms with Gasteiger partial charge in [0.1, 0.15) is 5.41 Å². The molecule has 3 aliphatic rings. The summed E-state index contributed by atoms with van der Waals surface area (Å²) in [6, 6.07) is 7.59. The van der Waals surface area contributed by atoms with Gasteiger partial charge in [0.25, 0.3) is 0 Å². The molecule has 0 unspecified atom stereocenters. The number of hydrogen-bond acceptors (Lipinski definition) is 2. The van der Waals surface area contributed by atoms with Crippen molar-refractivity contribution in [1.29, 1.82) is 0 Å². The molecule has 4 rings (SSSR count). The minimum Gasteiger partial charge on any atom is -0.325 e. The largest absolute Gasteiger partial charge is 0.325 e. The molecule has 1 aromatic carbocycles. The van der Waals surface area contributed by atoms with E-state index in [0.29, 0.717) is 13.0 Å². The van der Waals surface area contributed by atoms with Crippen LogP contribution in [0.15, 0.2) is 24.3 Å². The number of carbonyl (C=O) groups excluding carboxylic acids is 2. The molecule has 1 saturated carbocycles. The van der Waals surface area contributed by atoms with E-state index in [1.807, 2.05) is 24.3 Å². The highest BCUT2D eigenvalue weighted by atomic mass is 16.2. The van der Waals surface area contributed by atoms with Gasteiger partial charge in [0.2, 0.25) is 11.8 Å². The van der Waals surface area contributed by atoms with Gasteiger partial charge in [-0.15, -0.1) is 0 Å². The van der Waals surface area contributed by atoms with E-state index in [0.717, 1.165) is 24.1 Å². The molecule has 5 nitrogen and oxygen atoms in total. The number of amides is 2. The monoisotopic (exact) mass is 281 g/mol. The third-order valence-corrected chi connectivity index (χ3v) is 4.82. The van der Waals surface area contributed by atoms with Crippen LogP contribution in [0, 0.1) is 12.5 Å². The number of anilines is 1. The molecule has 2 heterocycles. The van der Waals surface area contributed by atoms with Crippen molar-refractivity contribution in [3.05, 3.63) is 41.2 Å². The lowest BCUT2D eigenvalue weighted by Crippen LogP contribution is -2.40. The fraction of sp³-hybridized carbons (Fsp3) is 0.438. The smallest absolute Gasteiger partial charge is 0.302 e. The molecule has 2 fully saturated rings. The van der Waals surface area contributed by atoms with Gasteiger partial charge in [-0.05, 0) is 24.5 Å². The first kappa shape index (κ1) is 12.4. The fourth-order valence-electron chi connectivity index (χ4n) is 3.52. The van der Waals surface area contributed by atoms with Crippen LogP contribution in [0.5, 0.6) is 0 Å². The highest BCUT2D eigenvalue weighted by Crippen LogP contribution is 2.47. The Bertz CT molecular complexity index is 689. The third-order valence-electron chi connectivity index (χ3n) is 4.82. The van der Waals surface area contributed by atoms with Crippen LogP contribution in [0.3, 0.4) is 0 Å².